The van der Waals surface area contributed by atoms with Gasteiger partial charge in [0.1, 0.15) is 5.56 Å². The first kappa shape index (κ1) is 12.3. The number of carboxylic acids is 1. The minimum Gasteiger partial charge on any atom is -0.478 e. The molecule has 0 saturated heterocycles. The Morgan fingerprint density at radius 1 is 1.20 bits per heavy atom. The van der Waals surface area contributed by atoms with Crippen LogP contribution >= 0.6 is 0 Å². The second-order valence-corrected chi connectivity index (χ2v) is 4.63. The van der Waals surface area contributed by atoms with E-state index < -0.39 is 5.97 Å². The summed E-state index contributed by atoms with van der Waals surface area (Å²) in [7, 11) is 0. The van der Waals surface area contributed by atoms with Crippen LogP contribution in [0.15, 0.2) is 36.8 Å². The normalized spacial score (nSPS) is 10.9. The van der Waals surface area contributed by atoms with Gasteiger partial charge in [-0.25, -0.2) is 9.78 Å². The van der Waals surface area contributed by atoms with Crippen molar-refractivity contribution in [3.05, 3.63) is 53.7 Å². The fraction of sp³-hybridized carbons (Fsp3) is 0.133. The van der Waals surface area contributed by atoms with Gasteiger partial charge >= 0.3 is 5.97 Å². The molecule has 100 valence electrons. The van der Waals surface area contributed by atoms with Crippen LogP contribution in [0.4, 0.5) is 0 Å². The van der Waals surface area contributed by atoms with Crippen LogP contribution in [0.2, 0.25) is 0 Å². The number of hydrogen-bond donors (Lipinski definition) is 1. The molecule has 0 unspecified atom stereocenters. The van der Waals surface area contributed by atoms with Gasteiger partial charge in [-0.3, -0.25) is 4.98 Å². The third kappa shape index (κ3) is 1.75. The van der Waals surface area contributed by atoms with Gasteiger partial charge in [0.15, 0.2) is 0 Å². The predicted octanol–water partition coefficient (Wildman–Crippen LogP) is 2.74. The highest BCUT2D eigenvalue weighted by Crippen LogP contribution is 2.26. The van der Waals surface area contributed by atoms with E-state index in [1.54, 1.807) is 6.33 Å². The molecule has 0 bridgehead atoms. The lowest BCUT2D eigenvalue weighted by molar-refractivity contribution is 0.0696. The summed E-state index contributed by atoms with van der Waals surface area (Å²) >= 11 is 0. The van der Waals surface area contributed by atoms with E-state index >= 15 is 0 Å². The summed E-state index contributed by atoms with van der Waals surface area (Å²) in [5, 5.41) is 10.2. The van der Waals surface area contributed by atoms with Crippen LogP contribution in [0.1, 0.15) is 21.7 Å². The summed E-state index contributed by atoms with van der Waals surface area (Å²) in [5.74, 6) is -0.996. The summed E-state index contributed by atoms with van der Waals surface area (Å²) < 4.78 is 1.81. The first-order chi connectivity index (χ1) is 9.59. The highest BCUT2D eigenvalue weighted by molar-refractivity contribution is 6.00. The van der Waals surface area contributed by atoms with Crippen molar-refractivity contribution >= 4 is 16.9 Å². The van der Waals surface area contributed by atoms with Crippen molar-refractivity contribution in [1.82, 2.24) is 14.5 Å². The highest BCUT2D eigenvalue weighted by atomic mass is 16.4. The van der Waals surface area contributed by atoms with Crippen LogP contribution in [0.5, 0.6) is 0 Å². The summed E-state index contributed by atoms with van der Waals surface area (Å²) in [6, 6.07) is 7.49. The van der Waals surface area contributed by atoms with Gasteiger partial charge in [0, 0.05) is 17.3 Å². The number of hydrogen-bond acceptors (Lipinski definition) is 3. The second kappa shape index (κ2) is 4.45. The number of carboxylic acid groups (broad SMARTS) is 1. The van der Waals surface area contributed by atoms with Crippen molar-refractivity contribution in [2.75, 3.05) is 0 Å². The number of aryl methyl sites for hydroxylation is 1. The third-order valence-corrected chi connectivity index (χ3v) is 3.47. The molecule has 0 fully saturated rings. The van der Waals surface area contributed by atoms with Gasteiger partial charge in [-0.2, -0.15) is 0 Å². The maximum atomic E-state index is 11.5. The van der Waals surface area contributed by atoms with E-state index in [0.29, 0.717) is 5.69 Å². The largest absolute Gasteiger partial charge is 0.478 e. The lowest BCUT2D eigenvalue weighted by Crippen LogP contribution is -2.08. The Kier molecular flexibility index (Phi) is 2.75. The number of aromatic nitrogens is 3. The fourth-order valence-electron chi connectivity index (χ4n) is 2.27. The van der Waals surface area contributed by atoms with Crippen LogP contribution in [0.3, 0.4) is 0 Å². The molecule has 0 amide bonds. The van der Waals surface area contributed by atoms with Crippen LogP contribution in [-0.4, -0.2) is 25.6 Å². The lowest BCUT2D eigenvalue weighted by Gasteiger charge is -2.12. The third-order valence-electron chi connectivity index (χ3n) is 3.47. The van der Waals surface area contributed by atoms with Crippen molar-refractivity contribution in [2.45, 2.75) is 13.8 Å². The van der Waals surface area contributed by atoms with E-state index in [4.69, 9.17) is 0 Å². The Labute approximate surface area is 115 Å². The Morgan fingerprint density at radius 2 is 1.95 bits per heavy atom. The van der Waals surface area contributed by atoms with Gasteiger partial charge in [-0.15, -0.1) is 0 Å². The van der Waals surface area contributed by atoms with E-state index in [0.717, 1.165) is 22.3 Å². The number of rotatable bonds is 2. The van der Waals surface area contributed by atoms with E-state index in [-0.39, 0.29) is 5.56 Å². The minimum atomic E-state index is -0.996. The molecular formula is C15H13N3O2. The summed E-state index contributed by atoms with van der Waals surface area (Å²) in [6.07, 6.45) is 3.05. The van der Waals surface area contributed by atoms with Crippen molar-refractivity contribution in [3.8, 4) is 5.69 Å². The molecule has 0 atom stereocenters. The van der Waals surface area contributed by atoms with E-state index in [9.17, 15) is 9.90 Å². The molecule has 3 rings (SSSR count). The van der Waals surface area contributed by atoms with Gasteiger partial charge in [-0.05, 0) is 19.9 Å². The van der Waals surface area contributed by atoms with E-state index in [1.807, 2.05) is 42.7 Å². The number of fused-ring (bicyclic) bond motifs is 1. The molecule has 0 spiro atoms. The Morgan fingerprint density at radius 3 is 2.60 bits per heavy atom. The lowest BCUT2D eigenvalue weighted by atomic mass is 10.1. The number of carbonyl (C=O) groups is 1. The molecule has 0 aliphatic heterocycles. The molecule has 0 radical (unpaired) electrons. The zero-order valence-corrected chi connectivity index (χ0v) is 11.2. The van der Waals surface area contributed by atoms with Crippen molar-refractivity contribution < 1.29 is 9.90 Å². The molecular weight excluding hydrogens is 254 g/mol. The maximum absolute atomic E-state index is 11.5. The molecule has 0 aliphatic carbocycles. The van der Waals surface area contributed by atoms with E-state index in [2.05, 4.69) is 9.97 Å². The maximum Gasteiger partial charge on any atom is 0.339 e. The topological polar surface area (TPSA) is 68.0 Å². The zero-order chi connectivity index (χ0) is 14.3. The van der Waals surface area contributed by atoms with Crippen LogP contribution in [0.25, 0.3) is 16.6 Å². The highest BCUT2D eigenvalue weighted by Gasteiger charge is 2.17. The zero-order valence-electron chi connectivity index (χ0n) is 11.2. The summed E-state index contributed by atoms with van der Waals surface area (Å²) in [4.78, 5) is 19.9. The first-order valence-electron chi connectivity index (χ1n) is 6.21. The Hall–Kier alpha value is -2.69. The fourth-order valence-corrected chi connectivity index (χ4v) is 2.27. The van der Waals surface area contributed by atoms with Crippen LogP contribution in [-0.2, 0) is 0 Å². The molecule has 1 N–H and O–H groups in total. The summed E-state index contributed by atoms with van der Waals surface area (Å²) in [6.45, 7) is 3.82. The van der Waals surface area contributed by atoms with E-state index in [1.165, 1.54) is 6.20 Å². The quantitative estimate of drug-likeness (QED) is 0.775. The monoisotopic (exact) mass is 267 g/mol. The second-order valence-electron chi connectivity index (χ2n) is 4.63. The minimum absolute atomic E-state index is 0.171. The van der Waals surface area contributed by atoms with Crippen LogP contribution in [0, 0.1) is 13.8 Å². The van der Waals surface area contributed by atoms with Gasteiger partial charge < -0.3 is 9.67 Å². The summed E-state index contributed by atoms with van der Waals surface area (Å²) in [5.41, 5.74) is 3.34. The molecule has 0 aliphatic rings. The van der Waals surface area contributed by atoms with Gasteiger partial charge in [0.2, 0.25) is 0 Å². The van der Waals surface area contributed by atoms with Crippen molar-refractivity contribution in [2.24, 2.45) is 0 Å². The molecule has 5 heteroatoms. The number of aromatic carboxylic acids is 1. The number of para-hydroxylation sites is 1. The van der Waals surface area contributed by atoms with Crippen LogP contribution < -0.4 is 0 Å². The number of nitrogens with zero attached hydrogens (tertiary/aromatic N) is 3. The molecule has 2 aromatic heterocycles. The average Bonchev–Trinajstić information content (AvgIpc) is 2.77. The van der Waals surface area contributed by atoms with Gasteiger partial charge in [-0.1, -0.05) is 18.2 Å². The molecule has 20 heavy (non-hydrogen) atoms. The molecule has 2 heterocycles. The van der Waals surface area contributed by atoms with Gasteiger partial charge in [0.05, 0.1) is 23.2 Å². The Balaban J connectivity index is 2.45. The molecule has 3 aromatic rings. The first-order valence-corrected chi connectivity index (χ1v) is 6.21. The number of benzene rings is 1. The van der Waals surface area contributed by atoms with Gasteiger partial charge in [0.25, 0.3) is 0 Å². The standard InChI is InChI=1S/C15H13N3O2/c1-9-10(2)18(8-17-9)14-11-5-3-4-6-13(11)16-7-12(14)15(19)20/h3-8H,1-2H3,(H,19,20). The molecule has 5 nitrogen and oxygen atoms in total. The van der Waals surface area contributed by atoms with Crippen molar-refractivity contribution in [1.29, 1.82) is 0 Å². The smallest absolute Gasteiger partial charge is 0.339 e. The number of pyridine rings is 1. The molecule has 1 aromatic carbocycles. The van der Waals surface area contributed by atoms with Crippen molar-refractivity contribution in [3.63, 3.8) is 0 Å². The molecule has 0 saturated carbocycles. The Bertz CT molecular complexity index is 821. The average molecular weight is 267 g/mol. The predicted molar refractivity (Wildman–Crippen MR) is 75.3 cm³/mol. The number of imidazole rings is 1. The SMILES string of the molecule is Cc1ncn(-c2c(C(=O)O)cnc3ccccc23)c1C.